The molecule has 22 heavy (non-hydrogen) atoms. The van der Waals surface area contributed by atoms with Crippen molar-refractivity contribution in [3.63, 3.8) is 0 Å². The molecule has 0 amide bonds. The zero-order valence-corrected chi connectivity index (χ0v) is 14.7. The molecule has 124 valence electrons. The van der Waals surface area contributed by atoms with Crippen molar-refractivity contribution in [3.05, 3.63) is 23.3 Å². The van der Waals surface area contributed by atoms with Gasteiger partial charge in [0, 0.05) is 6.04 Å². The number of ether oxygens (including phenoxy) is 1. The molecule has 1 heterocycles. The minimum atomic E-state index is -3.49. The first-order valence-electron chi connectivity index (χ1n) is 7.78. The standard InChI is InChI=1S/C16H26N2O3S/c1-5-21-15-10-13(3)16(11-12(15)2)22(19,20)17-14-6-8-18(4)9-7-14/h10-11,14,17H,5-9H2,1-4H3. The van der Waals surface area contributed by atoms with Crippen LogP contribution in [-0.4, -0.2) is 46.1 Å². The lowest BCUT2D eigenvalue weighted by Crippen LogP contribution is -2.43. The van der Waals surface area contributed by atoms with E-state index in [0.29, 0.717) is 11.5 Å². The maximum atomic E-state index is 12.7. The summed E-state index contributed by atoms with van der Waals surface area (Å²) in [5, 5.41) is 0. The van der Waals surface area contributed by atoms with Gasteiger partial charge in [0.1, 0.15) is 5.75 Å². The minimum absolute atomic E-state index is 0.0208. The van der Waals surface area contributed by atoms with E-state index in [1.807, 2.05) is 26.8 Å². The maximum Gasteiger partial charge on any atom is 0.241 e. The summed E-state index contributed by atoms with van der Waals surface area (Å²) in [4.78, 5) is 2.57. The normalized spacial score (nSPS) is 17.6. The molecule has 2 rings (SSSR count). The van der Waals surface area contributed by atoms with Gasteiger partial charge in [0.15, 0.2) is 0 Å². The molecular formula is C16H26N2O3S. The van der Waals surface area contributed by atoms with E-state index in [9.17, 15) is 8.42 Å². The topological polar surface area (TPSA) is 58.6 Å². The monoisotopic (exact) mass is 326 g/mol. The molecule has 1 aromatic rings. The highest BCUT2D eigenvalue weighted by molar-refractivity contribution is 7.89. The Balaban J connectivity index is 2.20. The van der Waals surface area contributed by atoms with Gasteiger partial charge < -0.3 is 9.64 Å². The van der Waals surface area contributed by atoms with Crippen molar-refractivity contribution < 1.29 is 13.2 Å². The van der Waals surface area contributed by atoms with Crippen LogP contribution in [0.1, 0.15) is 30.9 Å². The van der Waals surface area contributed by atoms with E-state index in [1.54, 1.807) is 6.07 Å². The molecule has 0 saturated carbocycles. The SMILES string of the molecule is CCOc1cc(C)c(S(=O)(=O)NC2CCN(C)CC2)cc1C. The Morgan fingerprint density at radius 3 is 2.45 bits per heavy atom. The summed E-state index contributed by atoms with van der Waals surface area (Å²) in [5.74, 6) is 0.748. The summed E-state index contributed by atoms with van der Waals surface area (Å²) in [6.45, 7) is 8.02. The zero-order chi connectivity index (χ0) is 16.3. The number of aryl methyl sites for hydroxylation is 2. The lowest BCUT2D eigenvalue weighted by Gasteiger charge is -2.29. The van der Waals surface area contributed by atoms with E-state index in [2.05, 4.69) is 16.7 Å². The van der Waals surface area contributed by atoms with E-state index >= 15 is 0 Å². The Morgan fingerprint density at radius 2 is 1.86 bits per heavy atom. The Hall–Kier alpha value is -1.11. The Morgan fingerprint density at radius 1 is 1.23 bits per heavy atom. The van der Waals surface area contributed by atoms with Gasteiger partial charge in [-0.1, -0.05) is 0 Å². The van der Waals surface area contributed by atoms with E-state index in [4.69, 9.17) is 4.74 Å². The van der Waals surface area contributed by atoms with E-state index in [-0.39, 0.29) is 6.04 Å². The second-order valence-electron chi connectivity index (χ2n) is 6.02. The molecule has 0 aromatic heterocycles. The van der Waals surface area contributed by atoms with Gasteiger partial charge in [-0.2, -0.15) is 0 Å². The Bertz CT molecular complexity index is 621. The number of benzene rings is 1. The van der Waals surface area contributed by atoms with Crippen molar-refractivity contribution in [3.8, 4) is 5.75 Å². The molecule has 0 spiro atoms. The van der Waals surface area contributed by atoms with Crippen LogP contribution >= 0.6 is 0 Å². The van der Waals surface area contributed by atoms with E-state index in [0.717, 1.165) is 42.8 Å². The minimum Gasteiger partial charge on any atom is -0.494 e. The van der Waals surface area contributed by atoms with Crippen LogP contribution in [0.3, 0.4) is 0 Å². The molecule has 0 radical (unpaired) electrons. The lowest BCUT2D eigenvalue weighted by atomic mass is 10.1. The van der Waals surface area contributed by atoms with Crippen molar-refractivity contribution in [1.29, 1.82) is 0 Å². The van der Waals surface area contributed by atoms with Gasteiger partial charge in [0.2, 0.25) is 10.0 Å². The summed E-state index contributed by atoms with van der Waals surface area (Å²) in [6, 6.07) is 3.53. The first kappa shape index (κ1) is 17.2. The van der Waals surface area contributed by atoms with Gasteiger partial charge >= 0.3 is 0 Å². The van der Waals surface area contributed by atoms with Crippen LogP contribution < -0.4 is 9.46 Å². The number of sulfonamides is 1. The third kappa shape index (κ3) is 4.00. The average molecular weight is 326 g/mol. The number of rotatable bonds is 5. The zero-order valence-electron chi connectivity index (χ0n) is 13.8. The highest BCUT2D eigenvalue weighted by atomic mass is 32.2. The molecule has 0 aliphatic carbocycles. The van der Waals surface area contributed by atoms with Crippen LogP contribution in [0.2, 0.25) is 0 Å². The van der Waals surface area contributed by atoms with Crippen molar-refractivity contribution in [2.75, 3.05) is 26.7 Å². The fourth-order valence-corrected chi connectivity index (χ4v) is 4.39. The number of hydrogen-bond donors (Lipinski definition) is 1. The fourth-order valence-electron chi connectivity index (χ4n) is 2.77. The molecule has 1 aliphatic heterocycles. The number of nitrogens with one attached hydrogen (secondary N) is 1. The molecule has 0 unspecified atom stereocenters. The maximum absolute atomic E-state index is 12.7. The molecule has 1 saturated heterocycles. The summed E-state index contributed by atoms with van der Waals surface area (Å²) >= 11 is 0. The smallest absolute Gasteiger partial charge is 0.241 e. The van der Waals surface area contributed by atoms with Gasteiger partial charge in [-0.25, -0.2) is 13.1 Å². The van der Waals surface area contributed by atoms with Gasteiger partial charge in [0.05, 0.1) is 11.5 Å². The molecule has 6 heteroatoms. The van der Waals surface area contributed by atoms with Gasteiger partial charge in [-0.05, 0) is 77.0 Å². The molecule has 0 bridgehead atoms. The number of piperidine rings is 1. The van der Waals surface area contributed by atoms with Crippen LogP contribution in [0.15, 0.2) is 17.0 Å². The van der Waals surface area contributed by atoms with Crippen LogP contribution in [-0.2, 0) is 10.0 Å². The van der Waals surface area contributed by atoms with Crippen molar-refractivity contribution in [2.45, 2.75) is 44.6 Å². The molecule has 1 aromatic carbocycles. The third-order valence-electron chi connectivity index (χ3n) is 4.10. The predicted octanol–water partition coefficient (Wildman–Crippen LogP) is 2.07. The van der Waals surface area contributed by atoms with Crippen LogP contribution in [0.25, 0.3) is 0 Å². The van der Waals surface area contributed by atoms with Gasteiger partial charge in [-0.15, -0.1) is 0 Å². The second-order valence-corrected chi connectivity index (χ2v) is 7.70. The molecule has 5 nitrogen and oxygen atoms in total. The van der Waals surface area contributed by atoms with Crippen LogP contribution in [0.4, 0.5) is 0 Å². The largest absolute Gasteiger partial charge is 0.494 e. The molecular weight excluding hydrogens is 300 g/mol. The second kappa shape index (κ2) is 6.98. The number of likely N-dealkylation sites (tertiary alicyclic amines) is 1. The van der Waals surface area contributed by atoms with E-state index in [1.165, 1.54) is 0 Å². The Kier molecular flexibility index (Phi) is 5.47. The molecule has 1 N–H and O–H groups in total. The van der Waals surface area contributed by atoms with E-state index < -0.39 is 10.0 Å². The molecule has 1 aliphatic rings. The summed E-state index contributed by atoms with van der Waals surface area (Å²) in [7, 11) is -1.43. The van der Waals surface area contributed by atoms with Crippen LogP contribution in [0, 0.1) is 13.8 Å². The lowest BCUT2D eigenvalue weighted by molar-refractivity contribution is 0.248. The Labute approximate surface area is 133 Å². The first-order valence-corrected chi connectivity index (χ1v) is 9.26. The highest BCUT2D eigenvalue weighted by Gasteiger charge is 2.25. The number of hydrogen-bond acceptors (Lipinski definition) is 4. The number of nitrogens with zero attached hydrogens (tertiary/aromatic N) is 1. The van der Waals surface area contributed by atoms with Crippen molar-refractivity contribution >= 4 is 10.0 Å². The fraction of sp³-hybridized carbons (Fsp3) is 0.625. The third-order valence-corrected chi connectivity index (χ3v) is 5.76. The first-order chi connectivity index (χ1) is 10.3. The molecule has 0 atom stereocenters. The summed E-state index contributed by atoms with van der Waals surface area (Å²) in [6.07, 6.45) is 1.70. The quantitative estimate of drug-likeness (QED) is 0.900. The van der Waals surface area contributed by atoms with Gasteiger partial charge in [0.25, 0.3) is 0 Å². The van der Waals surface area contributed by atoms with Crippen molar-refractivity contribution in [2.24, 2.45) is 0 Å². The van der Waals surface area contributed by atoms with Crippen LogP contribution in [0.5, 0.6) is 5.75 Å². The van der Waals surface area contributed by atoms with Crippen molar-refractivity contribution in [1.82, 2.24) is 9.62 Å². The molecule has 1 fully saturated rings. The summed E-state index contributed by atoms with van der Waals surface area (Å²) < 4.78 is 33.7. The summed E-state index contributed by atoms with van der Waals surface area (Å²) in [5.41, 5.74) is 1.56. The highest BCUT2D eigenvalue weighted by Crippen LogP contribution is 2.26. The van der Waals surface area contributed by atoms with Gasteiger partial charge in [-0.3, -0.25) is 0 Å². The predicted molar refractivity (Wildman–Crippen MR) is 87.9 cm³/mol. The average Bonchev–Trinajstić information content (AvgIpc) is 2.45.